The number of likely N-dealkylation sites (N-methyl/N-ethyl adjacent to an activating group) is 1. The van der Waals surface area contributed by atoms with Gasteiger partial charge in [0, 0.05) is 43.8 Å². The highest BCUT2D eigenvalue weighted by Crippen LogP contribution is 2.31. The van der Waals surface area contributed by atoms with Crippen LogP contribution in [-0.4, -0.2) is 78.1 Å². The summed E-state index contributed by atoms with van der Waals surface area (Å²) in [4.78, 5) is 70.9. The number of hydrogen-bond acceptors (Lipinski definition) is 9. The smallest absolute Gasteiger partial charge is 0.303 e. The van der Waals surface area contributed by atoms with Crippen LogP contribution in [0.5, 0.6) is 0 Å². The van der Waals surface area contributed by atoms with Crippen molar-refractivity contribution in [1.29, 1.82) is 0 Å². The molecule has 0 aliphatic rings. The lowest BCUT2D eigenvalue weighted by Gasteiger charge is -2.37. The van der Waals surface area contributed by atoms with Gasteiger partial charge in [0.05, 0.1) is 6.04 Å². The van der Waals surface area contributed by atoms with Crippen molar-refractivity contribution in [3.63, 3.8) is 0 Å². The largest absolute Gasteiger partial charge is 0.455 e. The maximum Gasteiger partial charge on any atom is 0.303 e. The zero-order chi connectivity index (χ0) is 35.1. The molecule has 5 atom stereocenters. The van der Waals surface area contributed by atoms with E-state index in [0.717, 1.165) is 25.8 Å². The molecule has 1 aromatic heterocycles. The van der Waals surface area contributed by atoms with Gasteiger partial charge in [-0.3, -0.25) is 24.0 Å². The summed E-state index contributed by atoms with van der Waals surface area (Å²) in [6, 6.07) is 6.86. The Kier molecular flexibility index (Phi) is 16.7. The Morgan fingerprint density at radius 1 is 0.979 bits per heavy atom. The fourth-order valence-corrected chi connectivity index (χ4v) is 6.14. The maximum absolute atomic E-state index is 13.9. The number of carbonyl (C=O) groups excluding carboxylic acids is 5. The molecule has 0 fully saturated rings. The van der Waals surface area contributed by atoms with Crippen molar-refractivity contribution in [2.45, 2.75) is 104 Å². The lowest BCUT2D eigenvalue weighted by molar-refractivity contribution is -0.149. The lowest BCUT2D eigenvalue weighted by Crippen LogP contribution is -2.54. The number of nitrogens with one attached hydrogen (secondary N) is 3. The highest BCUT2D eigenvalue weighted by molar-refractivity contribution is 7.09. The van der Waals surface area contributed by atoms with Gasteiger partial charge in [0.25, 0.3) is 5.91 Å². The molecule has 260 valence electrons. The lowest BCUT2D eigenvalue weighted by atomic mass is 9.93. The number of amides is 3. The molecule has 0 bridgehead atoms. The average molecular weight is 672 g/mol. The number of unbranched alkanes of at least 4 members (excludes halogenated alkanes) is 2. The SMILES string of the molecule is CC[C@H](C)[C@H](NC(=O)CCCCCNC)C(=O)N(C)C(C[C@@H](OC(C)=O)c1nc(C(=O)N[C@H](C)C(=O)c2ccccc2)cs1)C(C)C. The van der Waals surface area contributed by atoms with Gasteiger partial charge in [0.15, 0.2) is 11.9 Å². The van der Waals surface area contributed by atoms with E-state index in [0.29, 0.717) is 23.4 Å². The summed E-state index contributed by atoms with van der Waals surface area (Å²) in [5.41, 5.74) is 0.591. The summed E-state index contributed by atoms with van der Waals surface area (Å²) in [5.74, 6) is -1.74. The highest BCUT2D eigenvalue weighted by atomic mass is 32.1. The van der Waals surface area contributed by atoms with Crippen molar-refractivity contribution in [3.05, 3.63) is 52.0 Å². The van der Waals surface area contributed by atoms with E-state index in [1.807, 2.05) is 40.8 Å². The molecule has 1 unspecified atom stereocenters. The maximum atomic E-state index is 13.9. The molecule has 0 saturated heterocycles. The summed E-state index contributed by atoms with van der Waals surface area (Å²) in [6.45, 7) is 11.7. The molecular weight excluding hydrogens is 618 g/mol. The minimum absolute atomic E-state index is 0.0324. The van der Waals surface area contributed by atoms with Crippen molar-refractivity contribution < 1.29 is 28.7 Å². The van der Waals surface area contributed by atoms with Crippen molar-refractivity contribution in [3.8, 4) is 0 Å². The Bertz CT molecular complexity index is 1320. The topological polar surface area (TPSA) is 147 Å². The number of ketones is 1. The minimum Gasteiger partial charge on any atom is -0.455 e. The molecule has 1 aromatic carbocycles. The van der Waals surface area contributed by atoms with Crippen molar-refractivity contribution >= 4 is 40.8 Å². The van der Waals surface area contributed by atoms with Gasteiger partial charge in [-0.1, -0.05) is 70.9 Å². The summed E-state index contributed by atoms with van der Waals surface area (Å²) in [6.07, 6.45) is 3.14. The monoisotopic (exact) mass is 671 g/mol. The Morgan fingerprint density at radius 3 is 2.26 bits per heavy atom. The number of carbonyl (C=O) groups is 5. The molecule has 11 nitrogen and oxygen atoms in total. The fraction of sp³-hybridized carbons (Fsp3) is 0.600. The number of esters is 1. The Balaban J connectivity index is 2.20. The van der Waals surface area contributed by atoms with Crippen LogP contribution in [0, 0.1) is 11.8 Å². The standard InChI is InChI=1S/C35H53N5O6S/c1-9-23(4)31(39-30(42)18-14-11-15-19-36-7)35(45)40(8)28(22(2)3)20-29(46-25(6)41)34-38-27(21-47-34)33(44)37-24(5)32(43)26-16-12-10-13-17-26/h10,12-13,16-17,21-24,28-29,31,36H,9,11,14-15,18-20H2,1-8H3,(H,37,44)(H,39,42)/t23-,24+,28?,29+,31-/m0/s1. The van der Waals surface area contributed by atoms with Crippen LogP contribution in [0.1, 0.15) is 112 Å². The van der Waals surface area contributed by atoms with Gasteiger partial charge in [-0.05, 0) is 45.2 Å². The van der Waals surface area contributed by atoms with Crippen LogP contribution in [0.2, 0.25) is 0 Å². The molecule has 0 aliphatic heterocycles. The van der Waals surface area contributed by atoms with Gasteiger partial charge in [-0.25, -0.2) is 4.98 Å². The molecule has 2 aromatic rings. The van der Waals surface area contributed by atoms with Gasteiger partial charge in [-0.2, -0.15) is 0 Å². The van der Waals surface area contributed by atoms with E-state index in [9.17, 15) is 24.0 Å². The Morgan fingerprint density at radius 2 is 1.66 bits per heavy atom. The molecule has 12 heteroatoms. The number of thiazole rings is 1. The molecule has 2 rings (SSSR count). The number of ether oxygens (including phenoxy) is 1. The first-order chi connectivity index (χ1) is 22.3. The van der Waals surface area contributed by atoms with Crippen LogP contribution >= 0.6 is 11.3 Å². The molecule has 0 radical (unpaired) electrons. The van der Waals surface area contributed by atoms with Crippen LogP contribution in [0.25, 0.3) is 0 Å². The first kappa shape index (κ1) is 39.5. The van der Waals surface area contributed by atoms with E-state index in [4.69, 9.17) is 4.74 Å². The van der Waals surface area contributed by atoms with Crippen LogP contribution in [-0.2, 0) is 19.1 Å². The number of rotatable bonds is 20. The van der Waals surface area contributed by atoms with Gasteiger partial charge in [0.2, 0.25) is 11.8 Å². The quantitative estimate of drug-likeness (QED) is 0.102. The van der Waals surface area contributed by atoms with Crippen molar-refractivity contribution in [1.82, 2.24) is 25.8 Å². The van der Waals surface area contributed by atoms with Crippen LogP contribution in [0.3, 0.4) is 0 Å². The van der Waals surface area contributed by atoms with Crippen molar-refractivity contribution in [2.75, 3.05) is 20.6 Å². The zero-order valence-electron chi connectivity index (χ0n) is 29.1. The van der Waals surface area contributed by atoms with Gasteiger partial charge in [-0.15, -0.1) is 11.3 Å². The molecule has 0 aliphatic carbocycles. The molecule has 1 heterocycles. The first-order valence-electron chi connectivity index (χ1n) is 16.5. The normalized spacial score (nSPS) is 14.4. The Labute approximate surface area is 283 Å². The van der Waals surface area contributed by atoms with E-state index in [1.54, 1.807) is 48.5 Å². The molecule has 3 amide bonds. The fourth-order valence-electron chi connectivity index (χ4n) is 5.30. The highest BCUT2D eigenvalue weighted by Gasteiger charge is 2.35. The molecular formula is C35H53N5O6S. The number of hydrogen-bond donors (Lipinski definition) is 3. The van der Waals surface area contributed by atoms with Crippen molar-refractivity contribution in [2.24, 2.45) is 11.8 Å². The number of Topliss-reactive ketones (excluding diaryl/α,β-unsaturated/α-hetero) is 1. The van der Waals surface area contributed by atoms with E-state index >= 15 is 0 Å². The first-order valence-corrected chi connectivity index (χ1v) is 17.4. The molecule has 3 N–H and O–H groups in total. The summed E-state index contributed by atoms with van der Waals surface area (Å²) in [7, 11) is 3.61. The summed E-state index contributed by atoms with van der Waals surface area (Å²) < 4.78 is 5.69. The molecule has 47 heavy (non-hydrogen) atoms. The van der Waals surface area contributed by atoms with Gasteiger partial charge in [0.1, 0.15) is 16.7 Å². The third-order valence-electron chi connectivity index (χ3n) is 8.33. The van der Waals surface area contributed by atoms with Gasteiger partial charge < -0.3 is 25.6 Å². The van der Waals surface area contributed by atoms with E-state index < -0.39 is 30.1 Å². The minimum atomic E-state index is -0.820. The zero-order valence-corrected chi connectivity index (χ0v) is 29.9. The molecule has 0 spiro atoms. The third-order valence-corrected chi connectivity index (χ3v) is 9.27. The second-order valence-electron chi connectivity index (χ2n) is 12.4. The summed E-state index contributed by atoms with van der Waals surface area (Å²) in [5, 5.41) is 10.8. The molecule has 0 saturated carbocycles. The average Bonchev–Trinajstić information content (AvgIpc) is 3.55. The second-order valence-corrected chi connectivity index (χ2v) is 13.3. The van der Waals surface area contributed by atoms with E-state index in [2.05, 4.69) is 20.9 Å². The number of benzene rings is 1. The van der Waals surface area contributed by atoms with E-state index in [1.165, 1.54) is 18.3 Å². The predicted molar refractivity (Wildman–Crippen MR) is 184 cm³/mol. The van der Waals surface area contributed by atoms with Gasteiger partial charge >= 0.3 is 5.97 Å². The number of aromatic nitrogens is 1. The second kappa shape index (κ2) is 19.9. The summed E-state index contributed by atoms with van der Waals surface area (Å²) >= 11 is 1.17. The third kappa shape index (κ3) is 12.5. The van der Waals surface area contributed by atoms with Crippen LogP contribution in [0.4, 0.5) is 0 Å². The van der Waals surface area contributed by atoms with Crippen LogP contribution < -0.4 is 16.0 Å². The number of nitrogens with zero attached hydrogens (tertiary/aromatic N) is 2. The Hall–Kier alpha value is -3.64. The van der Waals surface area contributed by atoms with Crippen LogP contribution in [0.15, 0.2) is 35.7 Å². The predicted octanol–water partition coefficient (Wildman–Crippen LogP) is 4.93. The van der Waals surface area contributed by atoms with E-state index in [-0.39, 0.29) is 47.6 Å².